The topological polar surface area (TPSA) is 53.2 Å². The third-order valence-corrected chi connectivity index (χ3v) is 3.86. The van der Waals surface area contributed by atoms with Gasteiger partial charge < -0.3 is 16.0 Å². The summed E-state index contributed by atoms with van der Waals surface area (Å²) in [5.41, 5.74) is 0.0759. The first-order valence-corrected chi connectivity index (χ1v) is 8.00. The van der Waals surface area contributed by atoms with Gasteiger partial charge in [-0.1, -0.05) is 11.6 Å². The Morgan fingerprint density at radius 2 is 1.68 bits per heavy atom. The van der Waals surface area contributed by atoms with Crippen LogP contribution in [0.5, 0.6) is 0 Å². The molecule has 2 aromatic rings. The molecular formula is C17H15ClF3N3O. The van der Waals surface area contributed by atoms with Crippen LogP contribution >= 0.6 is 11.6 Å². The highest BCUT2D eigenvalue weighted by atomic mass is 35.5. The summed E-state index contributed by atoms with van der Waals surface area (Å²) >= 11 is 5.66. The first-order chi connectivity index (χ1) is 11.8. The number of hydrogen-bond acceptors (Lipinski definition) is 2. The molecule has 0 radical (unpaired) electrons. The summed E-state index contributed by atoms with van der Waals surface area (Å²) in [6, 6.07) is 9.88. The molecule has 8 heteroatoms. The van der Waals surface area contributed by atoms with Crippen LogP contribution < -0.4 is 16.0 Å². The summed E-state index contributed by atoms with van der Waals surface area (Å²) in [4.78, 5) is 11.7. The van der Waals surface area contributed by atoms with Gasteiger partial charge in [0.25, 0.3) is 0 Å². The van der Waals surface area contributed by atoms with Crippen molar-refractivity contribution in [3.05, 3.63) is 53.1 Å². The minimum Gasteiger partial charge on any atom is -0.355 e. The molecule has 4 nitrogen and oxygen atoms in total. The smallest absolute Gasteiger partial charge is 0.355 e. The zero-order valence-electron chi connectivity index (χ0n) is 13.0. The Labute approximate surface area is 147 Å². The fourth-order valence-electron chi connectivity index (χ4n) is 2.23. The minimum atomic E-state index is -4.52. The van der Waals surface area contributed by atoms with E-state index in [1.54, 1.807) is 24.3 Å². The molecule has 3 N–H and O–H groups in total. The van der Waals surface area contributed by atoms with E-state index in [1.807, 2.05) is 0 Å². The predicted molar refractivity (Wildman–Crippen MR) is 91.4 cm³/mol. The number of amides is 2. The summed E-state index contributed by atoms with van der Waals surface area (Å²) in [6.07, 6.45) is -2.55. The highest BCUT2D eigenvalue weighted by Crippen LogP contribution is 2.37. The average molecular weight is 370 g/mol. The van der Waals surface area contributed by atoms with Crippen LogP contribution in [0.25, 0.3) is 0 Å². The van der Waals surface area contributed by atoms with E-state index in [0.29, 0.717) is 11.4 Å². The van der Waals surface area contributed by atoms with E-state index in [2.05, 4.69) is 16.0 Å². The van der Waals surface area contributed by atoms with Crippen LogP contribution in [0.2, 0.25) is 5.02 Å². The number of halogens is 4. The predicted octanol–water partition coefficient (Wildman–Crippen LogP) is 5.39. The Kier molecular flexibility index (Phi) is 4.76. The summed E-state index contributed by atoms with van der Waals surface area (Å²) in [5, 5.41) is 8.19. The highest BCUT2D eigenvalue weighted by Gasteiger charge is 2.33. The van der Waals surface area contributed by atoms with E-state index in [4.69, 9.17) is 11.6 Å². The first kappa shape index (κ1) is 17.4. The van der Waals surface area contributed by atoms with Crippen LogP contribution in [-0.4, -0.2) is 12.1 Å². The Balaban J connectivity index is 1.70. The molecule has 1 aliphatic rings. The molecule has 1 saturated carbocycles. The second kappa shape index (κ2) is 6.84. The van der Waals surface area contributed by atoms with Gasteiger partial charge in [0.15, 0.2) is 0 Å². The number of nitrogens with one attached hydrogen (secondary N) is 3. The van der Waals surface area contributed by atoms with Crippen molar-refractivity contribution >= 4 is 34.7 Å². The second-order valence-electron chi connectivity index (χ2n) is 5.76. The molecule has 0 bridgehead atoms. The molecule has 1 aliphatic carbocycles. The molecule has 0 aromatic heterocycles. The van der Waals surface area contributed by atoms with Gasteiger partial charge in [0.2, 0.25) is 0 Å². The van der Waals surface area contributed by atoms with Crippen LogP contribution in [0, 0.1) is 0 Å². The first-order valence-electron chi connectivity index (χ1n) is 7.62. The van der Waals surface area contributed by atoms with Crippen LogP contribution in [0.15, 0.2) is 42.5 Å². The molecule has 0 aliphatic heterocycles. The molecule has 2 amide bonds. The normalized spacial score (nSPS) is 14.1. The van der Waals surface area contributed by atoms with Crippen molar-refractivity contribution in [2.24, 2.45) is 0 Å². The van der Waals surface area contributed by atoms with Gasteiger partial charge in [-0.2, -0.15) is 13.2 Å². The van der Waals surface area contributed by atoms with Crippen LogP contribution in [0.4, 0.5) is 35.0 Å². The summed E-state index contributed by atoms with van der Waals surface area (Å²) < 4.78 is 39.3. The van der Waals surface area contributed by atoms with Crippen LogP contribution in [0.1, 0.15) is 18.4 Å². The molecule has 132 valence electrons. The minimum absolute atomic E-state index is 0.0131. The van der Waals surface area contributed by atoms with E-state index < -0.39 is 11.7 Å². The number of urea groups is 1. The van der Waals surface area contributed by atoms with Crippen molar-refractivity contribution < 1.29 is 18.0 Å². The molecule has 1 fully saturated rings. The molecule has 0 heterocycles. The molecule has 0 spiro atoms. The van der Waals surface area contributed by atoms with E-state index in [9.17, 15) is 18.0 Å². The Bertz CT molecular complexity index is 774. The van der Waals surface area contributed by atoms with Crippen LogP contribution in [-0.2, 0) is 6.18 Å². The molecule has 0 saturated heterocycles. The Morgan fingerprint density at radius 3 is 2.28 bits per heavy atom. The van der Waals surface area contributed by atoms with Gasteiger partial charge in [-0.15, -0.1) is 0 Å². The van der Waals surface area contributed by atoms with E-state index in [0.717, 1.165) is 18.9 Å². The van der Waals surface area contributed by atoms with Crippen molar-refractivity contribution in [1.82, 2.24) is 5.32 Å². The van der Waals surface area contributed by atoms with E-state index >= 15 is 0 Å². The fourth-order valence-corrected chi connectivity index (χ4v) is 2.40. The van der Waals surface area contributed by atoms with Crippen molar-refractivity contribution in [1.29, 1.82) is 0 Å². The third kappa shape index (κ3) is 4.79. The lowest BCUT2D eigenvalue weighted by atomic mass is 10.1. The summed E-state index contributed by atoms with van der Waals surface area (Å²) in [5.74, 6) is 0. The standard InChI is InChI=1S/C17H15ClF3N3O/c18-10-1-8-15(14(9-10)17(19,20)21)22-11-2-4-12(5-3-11)23-16(25)24-13-6-7-13/h1-5,8-9,13,22H,6-7H2,(H2,23,24,25). The van der Waals surface area contributed by atoms with Gasteiger partial charge in [-0.3, -0.25) is 0 Å². The molecule has 3 rings (SSSR count). The van der Waals surface area contributed by atoms with Crippen molar-refractivity contribution in [3.8, 4) is 0 Å². The lowest BCUT2D eigenvalue weighted by Crippen LogP contribution is -2.30. The lowest BCUT2D eigenvalue weighted by Gasteiger charge is -2.15. The van der Waals surface area contributed by atoms with Crippen molar-refractivity contribution in [2.45, 2.75) is 25.1 Å². The number of anilines is 3. The zero-order chi connectivity index (χ0) is 18.0. The van der Waals surface area contributed by atoms with Gasteiger partial charge in [0.1, 0.15) is 0 Å². The average Bonchev–Trinajstić information content (AvgIpc) is 3.34. The zero-order valence-corrected chi connectivity index (χ0v) is 13.7. The molecule has 2 aromatic carbocycles. The maximum Gasteiger partial charge on any atom is 0.418 e. The van der Waals surface area contributed by atoms with Crippen LogP contribution in [0.3, 0.4) is 0 Å². The number of carbonyl (C=O) groups is 1. The van der Waals surface area contributed by atoms with E-state index in [1.165, 1.54) is 12.1 Å². The summed E-state index contributed by atoms with van der Waals surface area (Å²) in [7, 11) is 0. The monoisotopic (exact) mass is 369 g/mol. The third-order valence-electron chi connectivity index (χ3n) is 3.62. The maximum absolute atomic E-state index is 13.1. The van der Waals surface area contributed by atoms with Crippen molar-refractivity contribution in [2.75, 3.05) is 10.6 Å². The quantitative estimate of drug-likeness (QED) is 0.677. The summed E-state index contributed by atoms with van der Waals surface area (Å²) in [6.45, 7) is 0. The second-order valence-corrected chi connectivity index (χ2v) is 6.20. The van der Waals surface area contributed by atoms with Gasteiger partial charge in [0.05, 0.1) is 11.3 Å². The largest absolute Gasteiger partial charge is 0.418 e. The Morgan fingerprint density at radius 1 is 1.04 bits per heavy atom. The molecule has 0 unspecified atom stereocenters. The number of hydrogen-bond donors (Lipinski definition) is 3. The number of benzene rings is 2. The molecule has 25 heavy (non-hydrogen) atoms. The highest BCUT2D eigenvalue weighted by molar-refractivity contribution is 6.30. The number of rotatable bonds is 4. The number of alkyl halides is 3. The van der Waals surface area contributed by atoms with Gasteiger partial charge >= 0.3 is 12.2 Å². The van der Waals surface area contributed by atoms with E-state index in [-0.39, 0.29) is 22.8 Å². The number of carbonyl (C=O) groups excluding carboxylic acids is 1. The fraction of sp³-hybridized carbons (Fsp3) is 0.235. The lowest BCUT2D eigenvalue weighted by molar-refractivity contribution is -0.136. The Hall–Kier alpha value is -2.41. The SMILES string of the molecule is O=C(Nc1ccc(Nc2ccc(Cl)cc2C(F)(F)F)cc1)NC1CC1. The van der Waals surface area contributed by atoms with Gasteiger partial charge in [0, 0.05) is 22.4 Å². The molecular weight excluding hydrogens is 355 g/mol. The van der Waals surface area contributed by atoms with Crippen molar-refractivity contribution in [3.63, 3.8) is 0 Å². The van der Waals surface area contributed by atoms with Gasteiger partial charge in [-0.05, 0) is 55.3 Å². The van der Waals surface area contributed by atoms with Gasteiger partial charge in [-0.25, -0.2) is 4.79 Å². The molecule has 0 atom stereocenters. The maximum atomic E-state index is 13.1.